The monoisotopic (exact) mass is 367 g/mol. The maximum Gasteiger partial charge on any atom is 0.312 e. The van der Waals surface area contributed by atoms with Crippen LogP contribution in [-0.2, 0) is 9.59 Å². The molecule has 7 heteroatoms. The molecule has 142 valence electrons. The SMILES string of the molecule is O=C(O)CC(=O)N1CCC(F)(COc2ccc(F)cc2C2CCCC2)C1. The highest BCUT2D eigenvalue weighted by Crippen LogP contribution is 2.39. The molecule has 5 nitrogen and oxygen atoms in total. The van der Waals surface area contributed by atoms with Gasteiger partial charge in [-0.15, -0.1) is 0 Å². The molecule has 1 N–H and O–H groups in total. The molecule has 2 aliphatic rings. The van der Waals surface area contributed by atoms with E-state index in [1.807, 2.05) is 0 Å². The fourth-order valence-corrected chi connectivity index (χ4v) is 3.82. The first-order chi connectivity index (χ1) is 12.4. The van der Waals surface area contributed by atoms with E-state index in [2.05, 4.69) is 0 Å². The maximum atomic E-state index is 15.0. The number of hydrogen-bond donors (Lipinski definition) is 1. The summed E-state index contributed by atoms with van der Waals surface area (Å²) in [5.41, 5.74) is -0.946. The molecule has 0 radical (unpaired) electrons. The summed E-state index contributed by atoms with van der Waals surface area (Å²) in [5, 5.41) is 8.69. The van der Waals surface area contributed by atoms with Gasteiger partial charge in [-0.25, -0.2) is 8.78 Å². The Bertz CT molecular complexity index is 690. The van der Waals surface area contributed by atoms with Crippen molar-refractivity contribution in [2.45, 2.75) is 50.1 Å². The normalized spacial score (nSPS) is 23.4. The number of carbonyl (C=O) groups excluding carboxylic acids is 1. The van der Waals surface area contributed by atoms with E-state index in [9.17, 15) is 18.4 Å². The number of alkyl halides is 1. The number of nitrogens with zero attached hydrogens (tertiary/aromatic N) is 1. The number of halogens is 2. The Hall–Kier alpha value is -2.18. The molecular weight excluding hydrogens is 344 g/mol. The van der Waals surface area contributed by atoms with Crippen LogP contribution in [0.3, 0.4) is 0 Å². The zero-order valence-electron chi connectivity index (χ0n) is 14.5. The summed E-state index contributed by atoms with van der Waals surface area (Å²) in [6.45, 7) is -0.251. The molecule has 1 saturated carbocycles. The third-order valence-electron chi connectivity index (χ3n) is 5.21. The van der Waals surface area contributed by atoms with Crippen LogP contribution < -0.4 is 4.74 Å². The average Bonchev–Trinajstić information content (AvgIpc) is 3.23. The number of carboxylic acids is 1. The summed E-state index contributed by atoms with van der Waals surface area (Å²) in [6.07, 6.45) is 3.58. The van der Waals surface area contributed by atoms with E-state index in [1.54, 1.807) is 0 Å². The lowest BCUT2D eigenvalue weighted by atomic mass is 9.96. The van der Waals surface area contributed by atoms with Crippen molar-refractivity contribution in [1.29, 1.82) is 0 Å². The van der Waals surface area contributed by atoms with Crippen molar-refractivity contribution in [3.05, 3.63) is 29.6 Å². The first-order valence-corrected chi connectivity index (χ1v) is 8.97. The minimum absolute atomic E-state index is 0.0956. The lowest BCUT2D eigenvalue weighted by Crippen LogP contribution is -2.37. The highest BCUT2D eigenvalue weighted by atomic mass is 19.1. The Labute approximate surface area is 150 Å². The van der Waals surface area contributed by atoms with E-state index < -0.39 is 24.0 Å². The highest BCUT2D eigenvalue weighted by Gasteiger charge is 2.41. The number of benzene rings is 1. The zero-order valence-corrected chi connectivity index (χ0v) is 14.5. The lowest BCUT2D eigenvalue weighted by Gasteiger charge is -2.23. The Balaban J connectivity index is 1.64. The summed E-state index contributed by atoms with van der Waals surface area (Å²) < 4.78 is 34.3. The predicted molar refractivity (Wildman–Crippen MR) is 90.4 cm³/mol. The third kappa shape index (κ3) is 4.31. The molecule has 1 aliphatic heterocycles. The van der Waals surface area contributed by atoms with Crippen molar-refractivity contribution in [1.82, 2.24) is 4.90 Å². The second kappa shape index (κ2) is 7.60. The quantitative estimate of drug-likeness (QED) is 0.784. The number of ether oxygens (including phenoxy) is 1. The van der Waals surface area contributed by atoms with E-state index in [0.29, 0.717) is 5.75 Å². The highest BCUT2D eigenvalue weighted by molar-refractivity contribution is 5.93. The van der Waals surface area contributed by atoms with Gasteiger partial charge in [0, 0.05) is 18.5 Å². The third-order valence-corrected chi connectivity index (χ3v) is 5.21. The first kappa shape index (κ1) is 18.6. The molecule has 1 unspecified atom stereocenters. The molecule has 0 spiro atoms. The van der Waals surface area contributed by atoms with E-state index in [-0.39, 0.29) is 37.9 Å². The van der Waals surface area contributed by atoms with Crippen molar-refractivity contribution in [3.8, 4) is 5.75 Å². The molecule has 1 atom stereocenters. The fraction of sp³-hybridized carbons (Fsp3) is 0.579. The van der Waals surface area contributed by atoms with E-state index in [0.717, 1.165) is 31.2 Å². The summed E-state index contributed by atoms with van der Waals surface area (Å²) in [7, 11) is 0. The van der Waals surface area contributed by atoms with E-state index >= 15 is 0 Å². The van der Waals surface area contributed by atoms with Crippen LogP contribution in [-0.4, -0.2) is 47.2 Å². The van der Waals surface area contributed by atoms with Crippen LogP contribution >= 0.6 is 0 Å². The van der Waals surface area contributed by atoms with Crippen LogP contribution in [0.2, 0.25) is 0 Å². The second-order valence-corrected chi connectivity index (χ2v) is 7.24. The van der Waals surface area contributed by atoms with Crippen LogP contribution in [0.25, 0.3) is 0 Å². The molecule has 1 saturated heterocycles. The van der Waals surface area contributed by atoms with Gasteiger partial charge in [0.05, 0.1) is 6.54 Å². The largest absolute Gasteiger partial charge is 0.490 e. The molecule has 1 aromatic carbocycles. The smallest absolute Gasteiger partial charge is 0.312 e. The molecule has 1 aliphatic carbocycles. The molecule has 0 aromatic heterocycles. The minimum Gasteiger partial charge on any atom is -0.490 e. The average molecular weight is 367 g/mol. The van der Waals surface area contributed by atoms with Crippen molar-refractivity contribution >= 4 is 11.9 Å². The van der Waals surface area contributed by atoms with Crippen LogP contribution in [0.1, 0.15) is 50.0 Å². The minimum atomic E-state index is -1.73. The van der Waals surface area contributed by atoms with Gasteiger partial charge < -0.3 is 14.7 Å². The van der Waals surface area contributed by atoms with Gasteiger partial charge in [-0.2, -0.15) is 0 Å². The number of rotatable bonds is 6. The summed E-state index contributed by atoms with van der Waals surface area (Å²) in [4.78, 5) is 23.6. The predicted octanol–water partition coefficient (Wildman–Crippen LogP) is 3.28. The van der Waals surface area contributed by atoms with Gasteiger partial charge in [-0.3, -0.25) is 9.59 Å². The molecule has 1 amide bonds. The van der Waals surface area contributed by atoms with E-state index in [1.165, 1.54) is 23.1 Å². The van der Waals surface area contributed by atoms with Gasteiger partial charge >= 0.3 is 5.97 Å². The van der Waals surface area contributed by atoms with Gasteiger partial charge in [0.25, 0.3) is 0 Å². The number of carbonyl (C=O) groups is 2. The second-order valence-electron chi connectivity index (χ2n) is 7.24. The molecule has 0 bridgehead atoms. The first-order valence-electron chi connectivity index (χ1n) is 8.97. The van der Waals surface area contributed by atoms with Crippen LogP contribution in [0, 0.1) is 5.82 Å². The number of carboxylic acid groups (broad SMARTS) is 1. The van der Waals surface area contributed by atoms with Crippen molar-refractivity contribution in [2.24, 2.45) is 0 Å². The Morgan fingerprint density at radius 1 is 1.31 bits per heavy atom. The number of amides is 1. The summed E-state index contributed by atoms with van der Waals surface area (Å²) >= 11 is 0. The molecule has 1 aromatic rings. The van der Waals surface area contributed by atoms with Gasteiger partial charge in [-0.1, -0.05) is 12.8 Å². The van der Waals surface area contributed by atoms with Gasteiger partial charge in [0.15, 0.2) is 5.67 Å². The molecular formula is C19H23F2NO4. The number of hydrogen-bond acceptors (Lipinski definition) is 3. The zero-order chi connectivity index (χ0) is 18.7. The number of aliphatic carboxylic acids is 1. The Kier molecular flexibility index (Phi) is 5.44. The van der Waals surface area contributed by atoms with Crippen molar-refractivity contribution in [3.63, 3.8) is 0 Å². The summed E-state index contributed by atoms with van der Waals surface area (Å²) in [5.74, 6) is -1.43. The van der Waals surface area contributed by atoms with Gasteiger partial charge in [-0.05, 0) is 37.0 Å². The number of likely N-dealkylation sites (tertiary alicyclic amines) is 1. The Morgan fingerprint density at radius 3 is 2.73 bits per heavy atom. The van der Waals surface area contributed by atoms with Crippen molar-refractivity contribution < 1.29 is 28.2 Å². The van der Waals surface area contributed by atoms with Crippen LogP contribution in [0.4, 0.5) is 8.78 Å². The molecule has 2 fully saturated rings. The molecule has 1 heterocycles. The van der Waals surface area contributed by atoms with Crippen LogP contribution in [0.15, 0.2) is 18.2 Å². The molecule has 26 heavy (non-hydrogen) atoms. The van der Waals surface area contributed by atoms with Gasteiger partial charge in [0.1, 0.15) is 24.6 Å². The van der Waals surface area contributed by atoms with E-state index in [4.69, 9.17) is 9.84 Å². The summed E-state index contributed by atoms with van der Waals surface area (Å²) in [6, 6.07) is 4.30. The van der Waals surface area contributed by atoms with Gasteiger partial charge in [0.2, 0.25) is 5.91 Å². The maximum absolute atomic E-state index is 15.0. The molecule has 3 rings (SSSR count). The van der Waals surface area contributed by atoms with Crippen LogP contribution in [0.5, 0.6) is 5.75 Å². The standard InChI is InChI=1S/C19H23F2NO4/c20-14-5-6-16(15(9-14)13-3-1-2-4-13)26-12-19(21)7-8-22(11-19)17(23)10-18(24)25/h5-6,9,13H,1-4,7-8,10-12H2,(H,24,25). The Morgan fingerprint density at radius 2 is 2.04 bits per heavy atom. The topological polar surface area (TPSA) is 66.8 Å². The van der Waals surface area contributed by atoms with Crippen molar-refractivity contribution in [2.75, 3.05) is 19.7 Å². The lowest BCUT2D eigenvalue weighted by molar-refractivity contribution is -0.144. The fourth-order valence-electron chi connectivity index (χ4n) is 3.82.